The first-order valence-electron chi connectivity index (χ1n) is 8.66. The number of nitrogens with zero attached hydrogens (tertiary/aromatic N) is 1. The average Bonchev–Trinajstić information content (AvgIpc) is 2.97. The number of nitrogens with one attached hydrogen (secondary N) is 2. The molecule has 1 heterocycles. The maximum absolute atomic E-state index is 12.7. The fourth-order valence-electron chi connectivity index (χ4n) is 2.57. The van der Waals surface area contributed by atoms with E-state index >= 15 is 0 Å². The predicted molar refractivity (Wildman–Crippen MR) is 121 cm³/mol. The van der Waals surface area contributed by atoms with Crippen molar-refractivity contribution in [3.63, 3.8) is 0 Å². The van der Waals surface area contributed by atoms with Crippen molar-refractivity contribution in [3.8, 4) is 5.75 Å². The lowest BCUT2D eigenvalue weighted by Gasteiger charge is -2.15. The summed E-state index contributed by atoms with van der Waals surface area (Å²) in [6.07, 6.45) is 1.78. The van der Waals surface area contributed by atoms with Crippen LogP contribution in [-0.4, -0.2) is 41.4 Å². The summed E-state index contributed by atoms with van der Waals surface area (Å²) >= 11 is 12.4. The van der Waals surface area contributed by atoms with Gasteiger partial charge in [-0.3, -0.25) is 9.69 Å². The highest BCUT2D eigenvalue weighted by Crippen LogP contribution is 2.32. The lowest BCUT2D eigenvalue weighted by atomic mass is 10.2. The minimum Gasteiger partial charge on any atom is -0.497 e. The molecule has 0 radical (unpaired) electrons. The van der Waals surface area contributed by atoms with E-state index in [9.17, 15) is 9.59 Å². The van der Waals surface area contributed by atoms with Crippen LogP contribution in [0.2, 0.25) is 5.02 Å². The number of urea groups is 1. The van der Waals surface area contributed by atoms with E-state index in [4.69, 9.17) is 28.6 Å². The molecule has 2 N–H and O–H groups in total. The second-order valence-corrected chi connectivity index (χ2v) is 8.11. The van der Waals surface area contributed by atoms with Gasteiger partial charge in [-0.05, 0) is 48.0 Å². The molecule has 29 heavy (non-hydrogen) atoms. The van der Waals surface area contributed by atoms with Crippen LogP contribution in [0, 0.1) is 0 Å². The molecule has 0 saturated carbocycles. The Kier molecular flexibility index (Phi) is 7.13. The van der Waals surface area contributed by atoms with Gasteiger partial charge in [0, 0.05) is 23.8 Å². The van der Waals surface area contributed by atoms with E-state index < -0.39 is 0 Å². The number of carbonyl (C=O) groups is 2. The highest BCUT2D eigenvalue weighted by atomic mass is 35.5. The molecule has 1 fully saturated rings. The Morgan fingerprint density at radius 1 is 1.28 bits per heavy atom. The first-order chi connectivity index (χ1) is 14.0. The molecule has 0 spiro atoms. The molecule has 6 nitrogen and oxygen atoms in total. The Bertz CT molecular complexity index is 964. The summed E-state index contributed by atoms with van der Waals surface area (Å²) < 4.78 is 5.66. The van der Waals surface area contributed by atoms with E-state index in [1.165, 1.54) is 16.7 Å². The lowest BCUT2D eigenvalue weighted by Crippen LogP contribution is -2.38. The summed E-state index contributed by atoms with van der Waals surface area (Å²) in [5, 5.41) is 6.00. The molecule has 2 aromatic carbocycles. The lowest BCUT2D eigenvalue weighted by molar-refractivity contribution is -0.122. The van der Waals surface area contributed by atoms with Crippen molar-refractivity contribution in [2.45, 2.75) is 0 Å². The third-order valence-corrected chi connectivity index (χ3v) is 5.62. The zero-order chi connectivity index (χ0) is 20.8. The molecule has 0 aliphatic carbocycles. The number of anilines is 1. The van der Waals surface area contributed by atoms with Gasteiger partial charge in [0.2, 0.25) is 0 Å². The molecule has 9 heteroatoms. The third kappa shape index (κ3) is 5.72. The second-order valence-electron chi connectivity index (χ2n) is 6.00. The Balaban J connectivity index is 1.54. The smallest absolute Gasteiger partial charge is 0.319 e. The number of amides is 3. The van der Waals surface area contributed by atoms with Crippen LogP contribution in [0.3, 0.4) is 0 Å². The van der Waals surface area contributed by atoms with E-state index in [-0.39, 0.29) is 25.0 Å². The Hall–Kier alpha value is -2.55. The fraction of sp³-hybridized carbons (Fsp3) is 0.150. The van der Waals surface area contributed by atoms with Crippen molar-refractivity contribution in [3.05, 3.63) is 64.0 Å². The Morgan fingerprint density at radius 3 is 2.76 bits per heavy atom. The van der Waals surface area contributed by atoms with Crippen molar-refractivity contribution >= 4 is 63.6 Å². The van der Waals surface area contributed by atoms with Crippen LogP contribution in [0.25, 0.3) is 6.08 Å². The van der Waals surface area contributed by atoms with Crippen LogP contribution < -0.4 is 15.4 Å². The number of ether oxygens (including phenoxy) is 1. The van der Waals surface area contributed by atoms with E-state index in [0.29, 0.717) is 25.7 Å². The summed E-state index contributed by atoms with van der Waals surface area (Å²) in [4.78, 5) is 26.6. The van der Waals surface area contributed by atoms with Gasteiger partial charge in [-0.2, -0.15) is 0 Å². The highest BCUT2D eigenvalue weighted by molar-refractivity contribution is 8.26. The van der Waals surface area contributed by atoms with E-state index in [1.54, 1.807) is 37.5 Å². The van der Waals surface area contributed by atoms with E-state index in [1.807, 2.05) is 24.3 Å². The van der Waals surface area contributed by atoms with Gasteiger partial charge in [0.1, 0.15) is 10.1 Å². The number of thiocarbonyl (C=S) groups is 1. The fourth-order valence-corrected chi connectivity index (χ4v) is 4.00. The number of thioether (sulfide) groups is 1. The van der Waals surface area contributed by atoms with Gasteiger partial charge in [-0.1, -0.05) is 47.7 Å². The molecular weight excluding hydrogens is 430 g/mol. The SMILES string of the molecule is COc1cccc(/C=C2/SC(=S)N(CCNC(=O)Nc3ccc(Cl)cc3)C2=O)c1. The maximum Gasteiger partial charge on any atom is 0.319 e. The summed E-state index contributed by atoms with van der Waals surface area (Å²) in [7, 11) is 1.59. The van der Waals surface area contributed by atoms with Crippen molar-refractivity contribution < 1.29 is 14.3 Å². The summed E-state index contributed by atoms with van der Waals surface area (Å²) in [5.74, 6) is 0.535. The van der Waals surface area contributed by atoms with Crippen molar-refractivity contribution in [1.29, 1.82) is 0 Å². The van der Waals surface area contributed by atoms with Crippen LogP contribution >= 0.6 is 35.6 Å². The highest BCUT2D eigenvalue weighted by Gasteiger charge is 2.31. The van der Waals surface area contributed by atoms with E-state index in [0.717, 1.165) is 5.56 Å². The minimum atomic E-state index is -0.371. The molecule has 150 valence electrons. The number of hydrogen-bond donors (Lipinski definition) is 2. The molecule has 2 aromatic rings. The molecule has 1 saturated heterocycles. The van der Waals surface area contributed by atoms with Gasteiger partial charge in [0.15, 0.2) is 0 Å². The molecular formula is C20H18ClN3O3S2. The number of methoxy groups -OCH3 is 1. The van der Waals surface area contributed by atoms with Crippen molar-refractivity contribution in [2.24, 2.45) is 0 Å². The largest absolute Gasteiger partial charge is 0.497 e. The first kappa shape index (κ1) is 21.2. The maximum atomic E-state index is 12.7. The molecule has 0 unspecified atom stereocenters. The molecule has 1 aliphatic heterocycles. The number of halogens is 1. The topological polar surface area (TPSA) is 70.7 Å². The van der Waals surface area contributed by atoms with Crippen LogP contribution in [0.4, 0.5) is 10.5 Å². The third-order valence-electron chi connectivity index (χ3n) is 3.99. The van der Waals surface area contributed by atoms with Crippen LogP contribution in [0.15, 0.2) is 53.4 Å². The Labute approximate surface area is 183 Å². The molecule has 1 aliphatic rings. The normalized spacial score (nSPS) is 15.0. The molecule has 3 rings (SSSR count). The standard InChI is InChI=1S/C20H18ClN3O3S2/c1-27-16-4-2-3-13(11-16)12-17-18(25)24(20(28)29-17)10-9-22-19(26)23-15-7-5-14(21)6-8-15/h2-8,11-12H,9-10H2,1H3,(H2,22,23,26)/b17-12+. The molecule has 0 aromatic heterocycles. The average molecular weight is 448 g/mol. The van der Waals surface area contributed by atoms with Crippen LogP contribution in [0.1, 0.15) is 5.56 Å². The van der Waals surface area contributed by atoms with Gasteiger partial charge in [-0.15, -0.1) is 0 Å². The number of hydrogen-bond acceptors (Lipinski definition) is 5. The number of carbonyl (C=O) groups excluding carboxylic acids is 2. The second kappa shape index (κ2) is 9.78. The molecule has 0 bridgehead atoms. The van der Waals surface area contributed by atoms with Gasteiger partial charge in [0.25, 0.3) is 5.91 Å². The van der Waals surface area contributed by atoms with Crippen molar-refractivity contribution in [2.75, 3.05) is 25.5 Å². The van der Waals surface area contributed by atoms with Gasteiger partial charge >= 0.3 is 6.03 Å². The van der Waals surface area contributed by atoms with E-state index in [2.05, 4.69) is 10.6 Å². The predicted octanol–water partition coefficient (Wildman–Crippen LogP) is 4.37. The van der Waals surface area contributed by atoms with Crippen molar-refractivity contribution in [1.82, 2.24) is 10.2 Å². The number of benzene rings is 2. The summed E-state index contributed by atoms with van der Waals surface area (Å²) in [5.41, 5.74) is 1.48. The zero-order valence-corrected chi connectivity index (χ0v) is 17.9. The van der Waals surface area contributed by atoms with Gasteiger partial charge < -0.3 is 15.4 Å². The van der Waals surface area contributed by atoms with Gasteiger partial charge in [-0.25, -0.2) is 4.79 Å². The summed E-state index contributed by atoms with van der Waals surface area (Å²) in [6, 6.07) is 13.8. The Morgan fingerprint density at radius 2 is 2.03 bits per heavy atom. The van der Waals surface area contributed by atoms with Crippen LogP contribution in [0.5, 0.6) is 5.75 Å². The minimum absolute atomic E-state index is 0.178. The summed E-state index contributed by atoms with van der Waals surface area (Å²) in [6.45, 7) is 0.548. The van der Waals surface area contributed by atoms with Gasteiger partial charge in [0.05, 0.1) is 12.0 Å². The monoisotopic (exact) mass is 447 g/mol. The molecule has 0 atom stereocenters. The zero-order valence-electron chi connectivity index (χ0n) is 15.5. The van der Waals surface area contributed by atoms with Crippen LogP contribution in [-0.2, 0) is 4.79 Å². The number of rotatable bonds is 6. The first-order valence-corrected chi connectivity index (χ1v) is 10.3. The molecule has 3 amide bonds. The quantitative estimate of drug-likeness (QED) is 0.508.